The lowest BCUT2D eigenvalue weighted by molar-refractivity contribution is 0.507. The van der Waals surface area contributed by atoms with Crippen LogP contribution in [0, 0.1) is 12.7 Å². The zero-order valence-electron chi connectivity index (χ0n) is 14.4. The van der Waals surface area contributed by atoms with E-state index in [1.165, 1.54) is 18.5 Å². The molecule has 0 saturated carbocycles. The van der Waals surface area contributed by atoms with Gasteiger partial charge in [0.2, 0.25) is 5.71 Å². The molecule has 0 spiro atoms. The summed E-state index contributed by atoms with van der Waals surface area (Å²) in [5.41, 5.74) is 3.53. The summed E-state index contributed by atoms with van der Waals surface area (Å²) in [5, 5.41) is 5.53. The number of nitrogens with zero attached hydrogens (tertiary/aromatic N) is 4. The van der Waals surface area contributed by atoms with E-state index < -0.39 is 10.8 Å². The van der Waals surface area contributed by atoms with E-state index in [9.17, 15) is 8.60 Å². The quantitative estimate of drug-likeness (QED) is 0.542. The summed E-state index contributed by atoms with van der Waals surface area (Å²) >= 11 is 0. The SMILES string of the molecule is Cc1cc2c(-c3cn(C4CS(=O)C4)nc3-c3ccc(F)cc3)ncnc2o1. The van der Waals surface area contributed by atoms with E-state index in [0.29, 0.717) is 28.6 Å². The Morgan fingerprint density at radius 2 is 1.96 bits per heavy atom. The van der Waals surface area contributed by atoms with Gasteiger partial charge in [0, 0.05) is 39.6 Å². The molecule has 136 valence electrons. The molecule has 1 aromatic carbocycles. The summed E-state index contributed by atoms with van der Waals surface area (Å²) in [4.78, 5) is 8.65. The van der Waals surface area contributed by atoms with Crippen LogP contribution in [0.15, 0.2) is 47.3 Å². The summed E-state index contributed by atoms with van der Waals surface area (Å²) in [6.45, 7) is 1.86. The number of hydrogen-bond acceptors (Lipinski definition) is 5. The van der Waals surface area contributed by atoms with Crippen LogP contribution in [0.4, 0.5) is 4.39 Å². The van der Waals surface area contributed by atoms with Crippen molar-refractivity contribution in [3.63, 3.8) is 0 Å². The van der Waals surface area contributed by atoms with Crippen LogP contribution in [0.5, 0.6) is 0 Å². The summed E-state index contributed by atoms with van der Waals surface area (Å²) in [6.07, 6.45) is 3.38. The van der Waals surface area contributed by atoms with Crippen LogP contribution in [-0.2, 0) is 10.8 Å². The molecule has 1 aliphatic heterocycles. The number of fused-ring (bicyclic) bond motifs is 1. The number of hydrogen-bond donors (Lipinski definition) is 0. The Balaban J connectivity index is 1.71. The predicted octanol–water partition coefficient (Wildman–Crippen LogP) is 3.50. The van der Waals surface area contributed by atoms with Crippen molar-refractivity contribution in [2.45, 2.75) is 13.0 Å². The number of aromatic nitrogens is 4. The molecule has 1 saturated heterocycles. The normalized spacial score (nSPS) is 19.3. The molecule has 6 nitrogen and oxygen atoms in total. The lowest BCUT2D eigenvalue weighted by atomic mass is 10.0. The van der Waals surface area contributed by atoms with Crippen LogP contribution in [0.2, 0.25) is 0 Å². The highest BCUT2D eigenvalue weighted by molar-refractivity contribution is 7.86. The van der Waals surface area contributed by atoms with Crippen molar-refractivity contribution >= 4 is 21.9 Å². The van der Waals surface area contributed by atoms with E-state index in [1.807, 2.05) is 23.9 Å². The molecular formula is C19H15FN4O2S. The third-order valence-corrected chi connectivity index (χ3v) is 6.20. The maximum absolute atomic E-state index is 13.4. The number of furan rings is 1. The van der Waals surface area contributed by atoms with Gasteiger partial charge in [-0.3, -0.25) is 8.89 Å². The second-order valence-corrected chi connectivity index (χ2v) is 8.15. The minimum atomic E-state index is -0.782. The van der Waals surface area contributed by atoms with Gasteiger partial charge in [-0.2, -0.15) is 5.10 Å². The van der Waals surface area contributed by atoms with E-state index in [2.05, 4.69) is 9.97 Å². The van der Waals surface area contributed by atoms with Gasteiger partial charge in [0.25, 0.3) is 0 Å². The molecule has 1 fully saturated rings. The van der Waals surface area contributed by atoms with Crippen molar-refractivity contribution in [1.82, 2.24) is 19.7 Å². The largest absolute Gasteiger partial charge is 0.443 e. The van der Waals surface area contributed by atoms with Gasteiger partial charge in [0.1, 0.15) is 23.6 Å². The van der Waals surface area contributed by atoms with E-state index in [-0.39, 0.29) is 11.9 Å². The van der Waals surface area contributed by atoms with Crippen molar-refractivity contribution in [1.29, 1.82) is 0 Å². The first kappa shape index (κ1) is 16.3. The monoisotopic (exact) mass is 382 g/mol. The Bertz CT molecular complexity index is 1170. The smallest absolute Gasteiger partial charge is 0.229 e. The van der Waals surface area contributed by atoms with Crippen molar-refractivity contribution in [3.05, 3.63) is 54.4 Å². The van der Waals surface area contributed by atoms with Crippen molar-refractivity contribution in [2.24, 2.45) is 0 Å². The third kappa shape index (κ3) is 2.76. The fourth-order valence-electron chi connectivity index (χ4n) is 3.30. The molecule has 8 heteroatoms. The minimum absolute atomic E-state index is 0.0993. The first-order chi connectivity index (χ1) is 13.1. The lowest BCUT2D eigenvalue weighted by Crippen LogP contribution is -2.33. The highest BCUT2D eigenvalue weighted by atomic mass is 32.2. The molecule has 0 amide bonds. The van der Waals surface area contributed by atoms with Crippen LogP contribution in [0.25, 0.3) is 33.6 Å². The molecular weight excluding hydrogens is 367 g/mol. The standard InChI is InChI=1S/C19H15FN4O2S/c1-11-6-15-18(21-10-22-19(15)26-11)16-7-24(14-8-27(25)9-14)23-17(16)12-2-4-13(20)5-3-12/h2-7,10,14H,8-9H2,1H3. The molecule has 0 N–H and O–H groups in total. The van der Waals surface area contributed by atoms with E-state index in [1.54, 1.807) is 12.1 Å². The highest BCUT2D eigenvalue weighted by Gasteiger charge is 2.29. The van der Waals surface area contributed by atoms with Gasteiger partial charge in [-0.05, 0) is 37.3 Å². The van der Waals surface area contributed by atoms with E-state index in [4.69, 9.17) is 9.52 Å². The minimum Gasteiger partial charge on any atom is -0.443 e. The molecule has 4 heterocycles. The first-order valence-electron chi connectivity index (χ1n) is 8.50. The maximum Gasteiger partial charge on any atom is 0.229 e. The molecule has 0 aliphatic carbocycles. The van der Waals surface area contributed by atoms with Crippen molar-refractivity contribution < 1.29 is 13.0 Å². The van der Waals surface area contributed by atoms with Crippen LogP contribution >= 0.6 is 0 Å². The van der Waals surface area contributed by atoms with Crippen molar-refractivity contribution in [2.75, 3.05) is 11.5 Å². The number of benzene rings is 1. The van der Waals surface area contributed by atoms with Crippen LogP contribution in [0.3, 0.4) is 0 Å². The van der Waals surface area contributed by atoms with Gasteiger partial charge in [-0.25, -0.2) is 14.4 Å². The van der Waals surface area contributed by atoms with Crippen molar-refractivity contribution in [3.8, 4) is 22.5 Å². The van der Waals surface area contributed by atoms with Gasteiger partial charge >= 0.3 is 0 Å². The molecule has 0 unspecified atom stereocenters. The Hall–Kier alpha value is -2.87. The summed E-state index contributed by atoms with van der Waals surface area (Å²) in [6, 6.07) is 8.21. The zero-order valence-corrected chi connectivity index (χ0v) is 15.2. The second-order valence-electron chi connectivity index (χ2n) is 6.60. The number of aryl methyl sites for hydroxylation is 1. The fraction of sp³-hybridized carbons (Fsp3) is 0.211. The second kappa shape index (κ2) is 6.09. The maximum atomic E-state index is 13.4. The molecule has 27 heavy (non-hydrogen) atoms. The summed E-state index contributed by atoms with van der Waals surface area (Å²) in [5.74, 6) is 1.63. The first-order valence-corrected chi connectivity index (χ1v) is 9.99. The van der Waals surface area contributed by atoms with E-state index >= 15 is 0 Å². The predicted molar refractivity (Wildman–Crippen MR) is 100 cm³/mol. The Morgan fingerprint density at radius 1 is 1.19 bits per heavy atom. The number of rotatable bonds is 3. The Labute approximate surface area is 156 Å². The molecule has 4 aromatic rings. The molecule has 0 atom stereocenters. The average molecular weight is 382 g/mol. The topological polar surface area (TPSA) is 73.8 Å². The van der Waals surface area contributed by atoms with Gasteiger partial charge in [0.15, 0.2) is 0 Å². The molecule has 0 bridgehead atoms. The van der Waals surface area contributed by atoms with Gasteiger partial charge in [-0.1, -0.05) is 0 Å². The fourth-order valence-corrected chi connectivity index (χ4v) is 4.36. The number of halogens is 1. The zero-order chi connectivity index (χ0) is 18.5. The third-order valence-electron chi connectivity index (χ3n) is 4.69. The molecule has 0 radical (unpaired) electrons. The molecule has 1 aliphatic rings. The van der Waals surface area contributed by atoms with Gasteiger partial charge in [0.05, 0.1) is 17.1 Å². The van der Waals surface area contributed by atoms with Crippen LogP contribution in [0.1, 0.15) is 11.8 Å². The van der Waals surface area contributed by atoms with Crippen LogP contribution in [-0.4, -0.2) is 35.5 Å². The summed E-state index contributed by atoms with van der Waals surface area (Å²) in [7, 11) is -0.782. The molecule has 5 rings (SSSR count). The Kier molecular flexibility index (Phi) is 3.68. The molecule has 3 aromatic heterocycles. The highest BCUT2D eigenvalue weighted by Crippen LogP contribution is 2.36. The average Bonchev–Trinajstić information content (AvgIpc) is 3.22. The van der Waals surface area contributed by atoms with Gasteiger partial charge < -0.3 is 4.42 Å². The summed E-state index contributed by atoms with van der Waals surface area (Å²) < 4.78 is 32.4. The lowest BCUT2D eigenvalue weighted by Gasteiger charge is -2.24. The van der Waals surface area contributed by atoms with E-state index in [0.717, 1.165) is 22.3 Å². The Morgan fingerprint density at radius 3 is 2.70 bits per heavy atom. The van der Waals surface area contributed by atoms with Gasteiger partial charge in [-0.15, -0.1) is 0 Å². The van der Waals surface area contributed by atoms with Crippen LogP contribution < -0.4 is 0 Å².